The first-order valence-corrected chi connectivity index (χ1v) is 9.31. The van der Waals surface area contributed by atoms with E-state index in [0.29, 0.717) is 0 Å². The van der Waals surface area contributed by atoms with Crippen LogP contribution in [0.25, 0.3) is 0 Å². The van der Waals surface area contributed by atoms with Gasteiger partial charge in [-0.15, -0.1) is 24.0 Å². The van der Waals surface area contributed by atoms with Gasteiger partial charge in [0.05, 0.1) is 0 Å². The van der Waals surface area contributed by atoms with E-state index in [2.05, 4.69) is 42.1 Å². The standard InChI is InChI=1S/C15H32N4S.HI/c1-5-16-15(17-7-6-12-20-4)19-10-8-18(9-11-19)13-14(2)3;/h14H,5-13H2,1-4H3,(H,16,17);1H. The molecule has 0 aliphatic carbocycles. The minimum atomic E-state index is 0. The van der Waals surface area contributed by atoms with Gasteiger partial charge in [-0.25, -0.2) is 0 Å². The molecule has 1 rings (SSSR count). The van der Waals surface area contributed by atoms with Crippen molar-refractivity contribution in [3.05, 3.63) is 0 Å². The van der Waals surface area contributed by atoms with Gasteiger partial charge in [0.15, 0.2) is 5.96 Å². The fraction of sp³-hybridized carbons (Fsp3) is 0.933. The molecule has 6 heteroatoms. The van der Waals surface area contributed by atoms with Crippen molar-refractivity contribution in [2.24, 2.45) is 10.9 Å². The van der Waals surface area contributed by atoms with E-state index in [9.17, 15) is 0 Å². The van der Waals surface area contributed by atoms with E-state index in [-0.39, 0.29) is 24.0 Å². The molecule has 0 aromatic rings. The fourth-order valence-electron chi connectivity index (χ4n) is 2.48. The van der Waals surface area contributed by atoms with Crippen molar-refractivity contribution in [3.8, 4) is 0 Å². The summed E-state index contributed by atoms with van der Waals surface area (Å²) in [6.45, 7) is 14.4. The van der Waals surface area contributed by atoms with Gasteiger partial charge < -0.3 is 10.2 Å². The van der Waals surface area contributed by atoms with Gasteiger partial charge in [-0.05, 0) is 31.3 Å². The maximum absolute atomic E-state index is 4.76. The van der Waals surface area contributed by atoms with E-state index in [1.54, 1.807) is 0 Å². The second kappa shape index (κ2) is 12.8. The first-order chi connectivity index (χ1) is 9.67. The van der Waals surface area contributed by atoms with Gasteiger partial charge in [0.25, 0.3) is 0 Å². The Kier molecular flexibility index (Phi) is 13.0. The van der Waals surface area contributed by atoms with Crippen LogP contribution in [0, 0.1) is 5.92 Å². The highest BCUT2D eigenvalue weighted by atomic mass is 127. The zero-order valence-electron chi connectivity index (χ0n) is 14.1. The van der Waals surface area contributed by atoms with Crippen molar-refractivity contribution in [2.45, 2.75) is 27.2 Å². The summed E-state index contributed by atoms with van der Waals surface area (Å²) in [5, 5.41) is 3.44. The lowest BCUT2D eigenvalue weighted by atomic mass is 10.2. The van der Waals surface area contributed by atoms with Crippen LogP contribution >= 0.6 is 35.7 Å². The van der Waals surface area contributed by atoms with Crippen LogP contribution in [0.4, 0.5) is 0 Å². The molecule has 0 spiro atoms. The lowest BCUT2D eigenvalue weighted by Crippen LogP contribution is -2.53. The smallest absolute Gasteiger partial charge is 0.194 e. The molecular weight excluding hydrogens is 395 g/mol. The third kappa shape index (κ3) is 9.13. The average Bonchev–Trinajstić information content (AvgIpc) is 2.43. The quantitative estimate of drug-likeness (QED) is 0.292. The van der Waals surface area contributed by atoms with Crippen molar-refractivity contribution in [3.63, 3.8) is 0 Å². The summed E-state index contributed by atoms with van der Waals surface area (Å²) in [6, 6.07) is 0. The summed E-state index contributed by atoms with van der Waals surface area (Å²) in [5.74, 6) is 3.07. The van der Waals surface area contributed by atoms with Crippen LogP contribution in [0.1, 0.15) is 27.2 Å². The Morgan fingerprint density at radius 1 is 1.24 bits per heavy atom. The maximum Gasteiger partial charge on any atom is 0.194 e. The highest BCUT2D eigenvalue weighted by Crippen LogP contribution is 2.06. The topological polar surface area (TPSA) is 30.9 Å². The van der Waals surface area contributed by atoms with E-state index in [1.807, 2.05) is 11.8 Å². The largest absolute Gasteiger partial charge is 0.357 e. The number of rotatable bonds is 7. The predicted molar refractivity (Wildman–Crippen MR) is 107 cm³/mol. The monoisotopic (exact) mass is 428 g/mol. The first-order valence-electron chi connectivity index (χ1n) is 7.92. The van der Waals surface area contributed by atoms with E-state index < -0.39 is 0 Å². The second-order valence-electron chi connectivity index (χ2n) is 5.76. The van der Waals surface area contributed by atoms with E-state index in [0.717, 1.165) is 51.1 Å². The summed E-state index contributed by atoms with van der Waals surface area (Å²) < 4.78 is 0. The number of halogens is 1. The van der Waals surface area contributed by atoms with Crippen LogP contribution in [-0.4, -0.2) is 73.6 Å². The highest BCUT2D eigenvalue weighted by molar-refractivity contribution is 14.0. The molecule has 1 N–H and O–H groups in total. The van der Waals surface area contributed by atoms with Crippen LogP contribution in [0.15, 0.2) is 4.99 Å². The Hall–Kier alpha value is 0.310. The molecule has 4 nitrogen and oxygen atoms in total. The zero-order valence-corrected chi connectivity index (χ0v) is 17.2. The third-order valence-corrected chi connectivity index (χ3v) is 4.10. The number of guanidine groups is 1. The SMILES string of the molecule is CCNC(=NCCCSC)N1CCN(CC(C)C)CC1.I. The van der Waals surface area contributed by atoms with Crippen molar-refractivity contribution in [1.29, 1.82) is 0 Å². The predicted octanol–water partition coefficient (Wildman–Crippen LogP) is 2.60. The van der Waals surface area contributed by atoms with Gasteiger partial charge in [-0.1, -0.05) is 13.8 Å². The molecule has 21 heavy (non-hydrogen) atoms. The molecule has 1 aliphatic rings. The highest BCUT2D eigenvalue weighted by Gasteiger charge is 2.19. The van der Waals surface area contributed by atoms with Gasteiger partial charge >= 0.3 is 0 Å². The van der Waals surface area contributed by atoms with Gasteiger partial charge in [0, 0.05) is 45.8 Å². The zero-order chi connectivity index (χ0) is 14.8. The molecule has 126 valence electrons. The summed E-state index contributed by atoms with van der Waals surface area (Å²) in [4.78, 5) is 9.74. The maximum atomic E-state index is 4.76. The van der Waals surface area contributed by atoms with Crippen molar-refractivity contribution in [1.82, 2.24) is 15.1 Å². The molecule has 0 aromatic heterocycles. The number of nitrogens with zero attached hydrogens (tertiary/aromatic N) is 3. The normalized spacial score (nSPS) is 17.0. The molecule has 1 heterocycles. The Morgan fingerprint density at radius 3 is 2.43 bits per heavy atom. The van der Waals surface area contributed by atoms with Gasteiger partial charge in [0.2, 0.25) is 0 Å². The van der Waals surface area contributed by atoms with E-state index in [4.69, 9.17) is 4.99 Å². The summed E-state index contributed by atoms with van der Waals surface area (Å²) in [6.07, 6.45) is 3.33. The lowest BCUT2D eigenvalue weighted by molar-refractivity contribution is 0.164. The van der Waals surface area contributed by atoms with Gasteiger partial charge in [-0.2, -0.15) is 11.8 Å². The van der Waals surface area contributed by atoms with Crippen LogP contribution < -0.4 is 5.32 Å². The number of aliphatic imine (C=N–C) groups is 1. The van der Waals surface area contributed by atoms with E-state index in [1.165, 1.54) is 18.7 Å². The molecule has 0 bridgehead atoms. The number of hydrogen-bond donors (Lipinski definition) is 1. The molecule has 0 atom stereocenters. The summed E-state index contributed by atoms with van der Waals surface area (Å²) in [7, 11) is 0. The molecule has 0 unspecified atom stereocenters. The minimum Gasteiger partial charge on any atom is -0.357 e. The molecular formula is C15H33IN4S. The van der Waals surface area contributed by atoms with Crippen molar-refractivity contribution < 1.29 is 0 Å². The molecule has 0 amide bonds. The number of hydrogen-bond acceptors (Lipinski definition) is 3. The molecule has 0 saturated carbocycles. The molecule has 1 saturated heterocycles. The molecule has 0 aromatic carbocycles. The van der Waals surface area contributed by atoms with Crippen LogP contribution in [-0.2, 0) is 0 Å². The van der Waals surface area contributed by atoms with Crippen molar-refractivity contribution >= 4 is 41.7 Å². The number of nitrogens with one attached hydrogen (secondary N) is 1. The Balaban J connectivity index is 0.00000400. The second-order valence-corrected chi connectivity index (χ2v) is 6.75. The van der Waals surface area contributed by atoms with Crippen LogP contribution in [0.3, 0.4) is 0 Å². The fourth-order valence-corrected chi connectivity index (χ4v) is 2.90. The summed E-state index contributed by atoms with van der Waals surface area (Å²) >= 11 is 1.90. The number of piperazine rings is 1. The van der Waals surface area contributed by atoms with E-state index >= 15 is 0 Å². The Bertz CT molecular complexity index is 279. The lowest BCUT2D eigenvalue weighted by Gasteiger charge is -2.37. The minimum absolute atomic E-state index is 0. The molecule has 0 radical (unpaired) electrons. The van der Waals surface area contributed by atoms with Crippen LogP contribution in [0.5, 0.6) is 0 Å². The molecule has 1 aliphatic heterocycles. The Labute approximate surface area is 152 Å². The number of thioether (sulfide) groups is 1. The first kappa shape index (κ1) is 21.3. The average molecular weight is 428 g/mol. The third-order valence-electron chi connectivity index (χ3n) is 3.40. The summed E-state index contributed by atoms with van der Waals surface area (Å²) in [5.41, 5.74) is 0. The molecule has 1 fully saturated rings. The van der Waals surface area contributed by atoms with Crippen LogP contribution in [0.2, 0.25) is 0 Å². The Morgan fingerprint density at radius 2 is 1.90 bits per heavy atom. The van der Waals surface area contributed by atoms with Gasteiger partial charge in [-0.3, -0.25) is 9.89 Å². The van der Waals surface area contributed by atoms with Crippen molar-refractivity contribution in [2.75, 3.05) is 57.8 Å². The van der Waals surface area contributed by atoms with Gasteiger partial charge in [0.1, 0.15) is 0 Å².